The van der Waals surface area contributed by atoms with Gasteiger partial charge in [-0.2, -0.15) is 0 Å². The van der Waals surface area contributed by atoms with Gasteiger partial charge in [-0.05, 0) is 30.9 Å². The van der Waals surface area contributed by atoms with Crippen molar-refractivity contribution in [3.05, 3.63) is 29.3 Å². The van der Waals surface area contributed by atoms with Gasteiger partial charge in [0.15, 0.2) is 0 Å². The summed E-state index contributed by atoms with van der Waals surface area (Å²) in [4.78, 5) is 2.37. The van der Waals surface area contributed by atoms with Gasteiger partial charge in [-0.15, -0.1) is 0 Å². The minimum absolute atomic E-state index is 1.21. The molecule has 0 aromatic heterocycles. The Kier molecular flexibility index (Phi) is 4.67. The molecule has 1 aliphatic rings. The molecule has 1 aromatic carbocycles. The summed E-state index contributed by atoms with van der Waals surface area (Å²) in [7, 11) is 2.19. The molecule has 2 rings (SSSR count). The molecule has 1 aliphatic heterocycles. The van der Waals surface area contributed by atoms with Crippen molar-refractivity contribution in [2.24, 2.45) is 0 Å². The molecule has 0 aliphatic carbocycles. The zero-order valence-corrected chi connectivity index (χ0v) is 10.5. The van der Waals surface area contributed by atoms with E-state index >= 15 is 0 Å². The highest BCUT2D eigenvalue weighted by Gasteiger charge is 2.14. The van der Waals surface area contributed by atoms with E-state index in [0.717, 1.165) is 0 Å². The van der Waals surface area contributed by atoms with Crippen LogP contribution in [0.25, 0.3) is 0 Å². The standard InChI is InChI=1S/C11H15N.C3H8/c1-9-5-3-6-10-7-4-8-12(2)11(9)10;1-3-2/h3,5-6H,4,7-8H2,1-2H3;3H2,1-2H3. The van der Waals surface area contributed by atoms with Crippen LogP contribution < -0.4 is 4.90 Å². The van der Waals surface area contributed by atoms with Crippen LogP contribution in [0.2, 0.25) is 0 Å². The highest BCUT2D eigenvalue weighted by molar-refractivity contribution is 5.60. The van der Waals surface area contributed by atoms with Gasteiger partial charge in [0.2, 0.25) is 0 Å². The highest BCUT2D eigenvalue weighted by atomic mass is 15.1. The Hall–Kier alpha value is -0.980. The lowest BCUT2D eigenvalue weighted by Gasteiger charge is -2.29. The zero-order chi connectivity index (χ0) is 11.3. The molecule has 1 nitrogen and oxygen atoms in total. The van der Waals surface area contributed by atoms with Crippen LogP contribution in [0.5, 0.6) is 0 Å². The summed E-state index contributed by atoms with van der Waals surface area (Å²) in [6, 6.07) is 6.60. The number of rotatable bonds is 0. The molecule has 0 radical (unpaired) electrons. The Morgan fingerprint density at radius 2 is 1.93 bits per heavy atom. The normalized spacial score (nSPS) is 14.0. The topological polar surface area (TPSA) is 3.24 Å². The summed E-state index contributed by atoms with van der Waals surface area (Å²) in [5.74, 6) is 0. The van der Waals surface area contributed by atoms with Crippen LogP contribution in [0.15, 0.2) is 18.2 Å². The van der Waals surface area contributed by atoms with E-state index in [-0.39, 0.29) is 0 Å². The van der Waals surface area contributed by atoms with Crippen molar-refractivity contribution in [1.82, 2.24) is 0 Å². The van der Waals surface area contributed by atoms with Crippen molar-refractivity contribution in [2.45, 2.75) is 40.0 Å². The summed E-state index contributed by atoms with van der Waals surface area (Å²) < 4.78 is 0. The fraction of sp³-hybridized carbons (Fsp3) is 0.571. The number of fused-ring (bicyclic) bond motifs is 1. The third-order valence-corrected chi connectivity index (χ3v) is 2.64. The van der Waals surface area contributed by atoms with E-state index in [2.05, 4.69) is 50.9 Å². The predicted molar refractivity (Wildman–Crippen MR) is 68.7 cm³/mol. The van der Waals surface area contributed by atoms with Crippen molar-refractivity contribution in [1.29, 1.82) is 0 Å². The maximum Gasteiger partial charge on any atom is 0.0425 e. The van der Waals surface area contributed by atoms with E-state index < -0.39 is 0 Å². The van der Waals surface area contributed by atoms with Crippen LogP contribution in [0.3, 0.4) is 0 Å². The average Bonchev–Trinajstić information content (AvgIpc) is 2.19. The van der Waals surface area contributed by atoms with Gasteiger partial charge in [0.05, 0.1) is 0 Å². The molecule has 0 amide bonds. The predicted octanol–water partition coefficient (Wildman–Crippen LogP) is 3.79. The van der Waals surface area contributed by atoms with Crippen LogP contribution in [-0.2, 0) is 6.42 Å². The lowest BCUT2D eigenvalue weighted by Crippen LogP contribution is -2.25. The van der Waals surface area contributed by atoms with Crippen LogP contribution in [0, 0.1) is 6.92 Å². The number of hydrogen-bond acceptors (Lipinski definition) is 1. The van der Waals surface area contributed by atoms with E-state index in [9.17, 15) is 0 Å². The van der Waals surface area contributed by atoms with Gasteiger partial charge >= 0.3 is 0 Å². The molecular formula is C14H23N. The second kappa shape index (κ2) is 5.79. The fourth-order valence-corrected chi connectivity index (χ4v) is 2.09. The smallest absolute Gasteiger partial charge is 0.0425 e. The quantitative estimate of drug-likeness (QED) is 0.623. The van der Waals surface area contributed by atoms with Crippen molar-refractivity contribution < 1.29 is 0 Å². The molecular weight excluding hydrogens is 182 g/mol. The second-order valence-electron chi connectivity index (χ2n) is 4.31. The molecule has 0 N–H and O–H groups in total. The van der Waals surface area contributed by atoms with E-state index in [4.69, 9.17) is 0 Å². The minimum atomic E-state index is 1.21. The van der Waals surface area contributed by atoms with Gasteiger partial charge in [0, 0.05) is 19.3 Å². The van der Waals surface area contributed by atoms with Crippen molar-refractivity contribution in [2.75, 3.05) is 18.5 Å². The first-order valence-corrected chi connectivity index (χ1v) is 6.00. The number of aryl methyl sites for hydroxylation is 2. The van der Waals surface area contributed by atoms with Crippen molar-refractivity contribution in [3.8, 4) is 0 Å². The van der Waals surface area contributed by atoms with E-state index in [1.807, 2.05) is 0 Å². The molecule has 0 fully saturated rings. The molecule has 0 spiro atoms. The van der Waals surface area contributed by atoms with Crippen molar-refractivity contribution >= 4 is 5.69 Å². The summed E-state index contributed by atoms with van der Waals surface area (Å²) in [6.45, 7) is 7.65. The summed E-state index contributed by atoms with van der Waals surface area (Å²) in [6.07, 6.45) is 3.80. The van der Waals surface area contributed by atoms with Gasteiger partial charge in [-0.3, -0.25) is 0 Å². The molecule has 0 saturated carbocycles. The summed E-state index contributed by atoms with van der Waals surface area (Å²) in [5, 5.41) is 0. The Morgan fingerprint density at radius 1 is 1.27 bits per heavy atom. The molecule has 0 saturated heterocycles. The second-order valence-corrected chi connectivity index (χ2v) is 4.31. The van der Waals surface area contributed by atoms with Gasteiger partial charge in [-0.1, -0.05) is 38.5 Å². The monoisotopic (exact) mass is 205 g/mol. The van der Waals surface area contributed by atoms with E-state index in [1.54, 1.807) is 0 Å². The number of benzene rings is 1. The van der Waals surface area contributed by atoms with Crippen LogP contribution >= 0.6 is 0 Å². The first-order chi connectivity index (χ1) is 7.20. The molecule has 1 heterocycles. The zero-order valence-electron chi connectivity index (χ0n) is 10.5. The van der Waals surface area contributed by atoms with Gasteiger partial charge < -0.3 is 4.90 Å². The van der Waals surface area contributed by atoms with Crippen LogP contribution in [0.4, 0.5) is 5.69 Å². The largest absolute Gasteiger partial charge is 0.374 e. The van der Waals surface area contributed by atoms with Gasteiger partial charge in [0.1, 0.15) is 0 Å². The first-order valence-electron chi connectivity index (χ1n) is 6.00. The Labute approximate surface area is 94.1 Å². The van der Waals surface area contributed by atoms with Crippen molar-refractivity contribution in [3.63, 3.8) is 0 Å². The van der Waals surface area contributed by atoms with Gasteiger partial charge in [0.25, 0.3) is 0 Å². The molecule has 1 heteroatoms. The molecule has 84 valence electrons. The average molecular weight is 205 g/mol. The maximum absolute atomic E-state index is 2.37. The Morgan fingerprint density at radius 3 is 2.53 bits per heavy atom. The van der Waals surface area contributed by atoms with Gasteiger partial charge in [-0.25, -0.2) is 0 Å². The summed E-state index contributed by atoms with van der Waals surface area (Å²) in [5.41, 5.74) is 4.39. The van der Waals surface area contributed by atoms with E-state index in [1.165, 1.54) is 42.6 Å². The lowest BCUT2D eigenvalue weighted by atomic mass is 9.99. The molecule has 0 atom stereocenters. The molecule has 0 unspecified atom stereocenters. The SMILES string of the molecule is CCC.Cc1cccc2c1N(C)CCC2. The highest BCUT2D eigenvalue weighted by Crippen LogP contribution is 2.28. The first kappa shape index (κ1) is 12.1. The molecule has 15 heavy (non-hydrogen) atoms. The Balaban J connectivity index is 0.000000337. The number of anilines is 1. The summed E-state index contributed by atoms with van der Waals surface area (Å²) >= 11 is 0. The third-order valence-electron chi connectivity index (χ3n) is 2.64. The molecule has 0 bridgehead atoms. The maximum atomic E-state index is 2.37. The molecule has 1 aromatic rings. The lowest BCUT2D eigenvalue weighted by molar-refractivity contribution is 0.741. The van der Waals surface area contributed by atoms with Crippen LogP contribution in [-0.4, -0.2) is 13.6 Å². The van der Waals surface area contributed by atoms with Crippen LogP contribution in [0.1, 0.15) is 37.8 Å². The third kappa shape index (κ3) is 2.98. The fourth-order valence-electron chi connectivity index (χ4n) is 2.09. The Bertz CT molecular complexity index is 304. The number of para-hydroxylation sites is 1. The minimum Gasteiger partial charge on any atom is -0.374 e. The number of nitrogens with zero attached hydrogens (tertiary/aromatic N) is 1. The number of hydrogen-bond donors (Lipinski definition) is 0. The van der Waals surface area contributed by atoms with E-state index in [0.29, 0.717) is 0 Å².